The van der Waals surface area contributed by atoms with Gasteiger partial charge in [0.15, 0.2) is 6.29 Å². The van der Waals surface area contributed by atoms with Crippen LogP contribution in [0, 0.1) is 6.42 Å². The number of rotatable bonds is 2. The van der Waals surface area contributed by atoms with E-state index in [0.717, 1.165) is 0 Å². The van der Waals surface area contributed by atoms with E-state index in [1.807, 2.05) is 0 Å². The standard InChI is InChI=1S/C7H11O5.Re/c1-11-6-2-4(9)7(10)5(3-8)12-6;/h2-7,9-10H,1H3;/q-1;. The fourth-order valence-corrected chi connectivity index (χ4v) is 0.997. The van der Waals surface area contributed by atoms with Gasteiger partial charge in [-0.15, -0.1) is 0 Å². The summed E-state index contributed by atoms with van der Waals surface area (Å²) >= 11 is 0. The number of aldehydes is 1. The van der Waals surface area contributed by atoms with Crippen LogP contribution in [0.5, 0.6) is 0 Å². The third-order valence-electron chi connectivity index (χ3n) is 1.70. The Bertz CT molecular complexity index is 165. The minimum absolute atomic E-state index is 0. The van der Waals surface area contributed by atoms with E-state index in [1.54, 1.807) is 0 Å². The molecule has 4 atom stereocenters. The normalized spacial score (nSPS) is 39.3. The number of methoxy groups -OCH3 is 1. The van der Waals surface area contributed by atoms with Gasteiger partial charge in [-0.1, -0.05) is 0 Å². The van der Waals surface area contributed by atoms with Gasteiger partial charge in [0, 0.05) is 33.8 Å². The molecule has 5 nitrogen and oxygen atoms in total. The van der Waals surface area contributed by atoms with E-state index in [-0.39, 0.29) is 20.4 Å². The first-order valence-electron chi connectivity index (χ1n) is 3.53. The summed E-state index contributed by atoms with van der Waals surface area (Å²) in [5.41, 5.74) is 0. The van der Waals surface area contributed by atoms with Crippen molar-refractivity contribution in [2.45, 2.75) is 24.6 Å². The van der Waals surface area contributed by atoms with Gasteiger partial charge in [0.25, 0.3) is 0 Å². The third kappa shape index (κ3) is 3.10. The minimum Gasteiger partial charge on any atom is -0.422 e. The molecule has 2 N–H and O–H groups in total. The monoisotopic (exact) mass is 362 g/mol. The molecule has 0 aromatic carbocycles. The molecule has 6 heteroatoms. The Morgan fingerprint density at radius 2 is 2.15 bits per heavy atom. The van der Waals surface area contributed by atoms with Crippen molar-refractivity contribution in [2.75, 3.05) is 7.11 Å². The molecular formula is C7H11O5Re-. The third-order valence-corrected chi connectivity index (χ3v) is 1.70. The molecule has 1 fully saturated rings. The van der Waals surface area contributed by atoms with Crippen molar-refractivity contribution >= 4 is 6.29 Å². The van der Waals surface area contributed by atoms with Crippen molar-refractivity contribution in [3.8, 4) is 0 Å². The average molecular weight is 361 g/mol. The van der Waals surface area contributed by atoms with Crippen LogP contribution in [-0.4, -0.2) is 48.2 Å². The van der Waals surface area contributed by atoms with E-state index in [2.05, 4.69) is 0 Å². The second-order valence-electron chi connectivity index (χ2n) is 2.51. The number of hydrogen-bond donors (Lipinski definition) is 2. The number of aliphatic hydroxyl groups is 2. The molecule has 0 spiro atoms. The predicted molar refractivity (Wildman–Crippen MR) is 38.0 cm³/mol. The summed E-state index contributed by atoms with van der Waals surface area (Å²) in [7, 11) is 1.38. The van der Waals surface area contributed by atoms with E-state index >= 15 is 0 Å². The molecule has 4 unspecified atom stereocenters. The minimum atomic E-state index is -1.20. The van der Waals surface area contributed by atoms with Crippen molar-refractivity contribution in [1.82, 2.24) is 0 Å². The zero-order chi connectivity index (χ0) is 9.14. The first kappa shape index (κ1) is 13.2. The molecule has 1 rings (SSSR count). The van der Waals surface area contributed by atoms with Crippen LogP contribution >= 0.6 is 0 Å². The topological polar surface area (TPSA) is 76.0 Å². The molecule has 0 aromatic heterocycles. The SMILES string of the molecule is COC1[CH-]C(O)C(O)C(C=O)O1.[Re]. The van der Waals surface area contributed by atoms with Crippen LogP contribution in [0.3, 0.4) is 0 Å². The molecule has 77 valence electrons. The Morgan fingerprint density at radius 3 is 2.62 bits per heavy atom. The first-order chi connectivity index (χ1) is 5.69. The summed E-state index contributed by atoms with van der Waals surface area (Å²) in [6, 6.07) is 0. The summed E-state index contributed by atoms with van der Waals surface area (Å²) in [6.07, 6.45) is -2.32. The maximum absolute atomic E-state index is 10.3. The summed E-state index contributed by atoms with van der Waals surface area (Å²) in [4.78, 5) is 10.3. The van der Waals surface area contributed by atoms with Crippen molar-refractivity contribution < 1.29 is 44.9 Å². The molecule has 1 aliphatic rings. The Morgan fingerprint density at radius 1 is 1.54 bits per heavy atom. The van der Waals surface area contributed by atoms with Gasteiger partial charge in [-0.2, -0.15) is 0 Å². The molecule has 1 radical (unpaired) electrons. The Kier molecular flexibility index (Phi) is 5.89. The molecule has 0 bridgehead atoms. The zero-order valence-electron chi connectivity index (χ0n) is 6.96. The van der Waals surface area contributed by atoms with Gasteiger partial charge in [0.05, 0.1) is 6.10 Å². The van der Waals surface area contributed by atoms with E-state index in [1.165, 1.54) is 13.5 Å². The van der Waals surface area contributed by atoms with Gasteiger partial charge < -0.3 is 24.5 Å². The second kappa shape index (κ2) is 5.81. The van der Waals surface area contributed by atoms with Crippen LogP contribution in [0.15, 0.2) is 0 Å². The number of carbonyl (C=O) groups excluding carboxylic acids is 1. The molecule has 1 heterocycles. The van der Waals surface area contributed by atoms with Crippen LogP contribution in [0.1, 0.15) is 0 Å². The van der Waals surface area contributed by atoms with Gasteiger partial charge in [-0.3, -0.25) is 0 Å². The van der Waals surface area contributed by atoms with Crippen LogP contribution in [0.2, 0.25) is 0 Å². The van der Waals surface area contributed by atoms with Crippen LogP contribution < -0.4 is 0 Å². The van der Waals surface area contributed by atoms with Crippen molar-refractivity contribution in [1.29, 1.82) is 0 Å². The Hall–Kier alpha value is 0.172. The fraction of sp³-hybridized carbons (Fsp3) is 0.714. The van der Waals surface area contributed by atoms with Gasteiger partial charge >= 0.3 is 0 Å². The maximum atomic E-state index is 10.3. The van der Waals surface area contributed by atoms with E-state index < -0.39 is 24.6 Å². The molecule has 0 amide bonds. The maximum Gasteiger partial charge on any atom is 0.151 e. The van der Waals surface area contributed by atoms with E-state index in [0.29, 0.717) is 6.29 Å². The number of carbonyl (C=O) groups is 1. The van der Waals surface area contributed by atoms with Crippen LogP contribution in [-0.2, 0) is 34.7 Å². The number of ether oxygens (including phenoxy) is 2. The Labute approximate surface area is 89.7 Å². The van der Waals surface area contributed by atoms with Gasteiger partial charge in [0.2, 0.25) is 0 Å². The molecule has 1 aliphatic heterocycles. The molecule has 0 saturated carbocycles. The largest absolute Gasteiger partial charge is 0.422 e. The van der Waals surface area contributed by atoms with Gasteiger partial charge in [-0.25, -0.2) is 6.42 Å². The zero-order valence-corrected chi connectivity index (χ0v) is 9.68. The quantitative estimate of drug-likeness (QED) is 0.462. The smallest absolute Gasteiger partial charge is 0.151 e. The summed E-state index contributed by atoms with van der Waals surface area (Å²) in [5.74, 6) is 0. The van der Waals surface area contributed by atoms with Crippen molar-refractivity contribution in [3.05, 3.63) is 6.42 Å². The number of hydrogen-bond acceptors (Lipinski definition) is 5. The molecular weight excluding hydrogens is 350 g/mol. The summed E-state index contributed by atoms with van der Waals surface area (Å²) in [6.45, 7) is 0. The van der Waals surface area contributed by atoms with Crippen molar-refractivity contribution in [3.63, 3.8) is 0 Å². The molecule has 1 saturated heterocycles. The Balaban J connectivity index is 0.00000144. The molecule has 13 heavy (non-hydrogen) atoms. The average Bonchev–Trinajstić information content (AvgIpc) is 2.09. The second-order valence-corrected chi connectivity index (χ2v) is 2.51. The fourth-order valence-electron chi connectivity index (χ4n) is 0.997. The van der Waals surface area contributed by atoms with E-state index in [4.69, 9.17) is 19.7 Å². The summed E-state index contributed by atoms with van der Waals surface area (Å²) < 4.78 is 9.65. The van der Waals surface area contributed by atoms with Crippen molar-refractivity contribution in [2.24, 2.45) is 0 Å². The number of aliphatic hydroxyl groups excluding tert-OH is 2. The summed E-state index contributed by atoms with van der Waals surface area (Å²) in [5, 5.41) is 18.3. The first-order valence-corrected chi connectivity index (χ1v) is 3.53. The van der Waals surface area contributed by atoms with E-state index in [9.17, 15) is 4.79 Å². The molecule has 0 aromatic rings. The van der Waals surface area contributed by atoms with Crippen LogP contribution in [0.25, 0.3) is 0 Å². The van der Waals surface area contributed by atoms with Gasteiger partial charge in [0.1, 0.15) is 6.10 Å². The van der Waals surface area contributed by atoms with Gasteiger partial charge in [-0.05, 0) is 6.10 Å². The van der Waals surface area contributed by atoms with Crippen LogP contribution in [0.4, 0.5) is 0 Å². The predicted octanol–water partition coefficient (Wildman–Crippen LogP) is -1.52. The molecule has 0 aliphatic carbocycles.